The second-order valence-electron chi connectivity index (χ2n) is 2.90. The average Bonchev–Trinajstić information content (AvgIpc) is 2.18. The van der Waals surface area contributed by atoms with Crippen LogP contribution in [-0.2, 0) is 16.1 Å². The molecule has 0 amide bonds. The van der Waals surface area contributed by atoms with E-state index in [9.17, 15) is 4.39 Å². The molecule has 0 saturated carbocycles. The van der Waals surface area contributed by atoms with Crippen LogP contribution >= 0.6 is 0 Å². The number of hydrogen-bond donors (Lipinski definition) is 1. The van der Waals surface area contributed by atoms with Crippen molar-refractivity contribution in [2.75, 3.05) is 26.1 Å². The van der Waals surface area contributed by atoms with Gasteiger partial charge in [0.15, 0.2) is 0 Å². The summed E-state index contributed by atoms with van der Waals surface area (Å²) < 4.78 is 23.0. The van der Waals surface area contributed by atoms with Crippen LogP contribution in [0.5, 0.6) is 0 Å². The summed E-state index contributed by atoms with van der Waals surface area (Å²) >= 11 is 0. The molecule has 0 bridgehead atoms. The summed E-state index contributed by atoms with van der Waals surface area (Å²) in [6.07, 6.45) is 0. The van der Waals surface area contributed by atoms with E-state index in [0.717, 1.165) is 5.56 Å². The minimum atomic E-state index is -0.405. The van der Waals surface area contributed by atoms with E-state index in [2.05, 4.69) is 0 Å². The van der Waals surface area contributed by atoms with Gasteiger partial charge in [0.05, 0.1) is 25.5 Å². The van der Waals surface area contributed by atoms with Gasteiger partial charge in [-0.2, -0.15) is 0 Å². The first-order valence-corrected chi connectivity index (χ1v) is 4.34. The van der Waals surface area contributed by atoms with Gasteiger partial charge in [-0.05, 0) is 17.7 Å². The molecule has 1 aromatic rings. The van der Waals surface area contributed by atoms with Gasteiger partial charge in [0.25, 0.3) is 0 Å². The topological polar surface area (TPSA) is 44.5 Å². The van der Waals surface area contributed by atoms with E-state index in [0.29, 0.717) is 19.8 Å². The first kappa shape index (κ1) is 10.9. The van der Waals surface area contributed by atoms with Gasteiger partial charge in [-0.1, -0.05) is 6.07 Å². The largest absolute Gasteiger partial charge is 0.396 e. The lowest BCUT2D eigenvalue weighted by Gasteiger charge is -2.04. The Balaban J connectivity index is 2.39. The van der Waals surface area contributed by atoms with Gasteiger partial charge in [0, 0.05) is 7.11 Å². The fraction of sp³-hybridized carbons (Fsp3) is 0.400. The van der Waals surface area contributed by atoms with Crippen LogP contribution in [0.2, 0.25) is 0 Å². The number of hydrogen-bond acceptors (Lipinski definition) is 3. The van der Waals surface area contributed by atoms with Crippen molar-refractivity contribution in [2.45, 2.75) is 6.61 Å². The maximum absolute atomic E-state index is 12.9. The zero-order chi connectivity index (χ0) is 10.4. The summed E-state index contributed by atoms with van der Waals surface area (Å²) in [5.74, 6) is -0.405. The molecule has 4 heteroatoms. The van der Waals surface area contributed by atoms with Crippen LogP contribution < -0.4 is 5.73 Å². The van der Waals surface area contributed by atoms with Gasteiger partial charge in [-0.15, -0.1) is 0 Å². The Bertz CT molecular complexity index is 291. The van der Waals surface area contributed by atoms with Crippen LogP contribution in [0.3, 0.4) is 0 Å². The maximum atomic E-state index is 12.9. The van der Waals surface area contributed by atoms with Crippen LogP contribution in [0, 0.1) is 5.82 Å². The third-order valence-electron chi connectivity index (χ3n) is 1.77. The highest BCUT2D eigenvalue weighted by Gasteiger charge is 1.99. The summed E-state index contributed by atoms with van der Waals surface area (Å²) in [6.45, 7) is 1.42. The number of anilines is 1. The van der Waals surface area contributed by atoms with E-state index >= 15 is 0 Å². The Morgan fingerprint density at radius 3 is 2.79 bits per heavy atom. The maximum Gasteiger partial charge on any atom is 0.146 e. The van der Waals surface area contributed by atoms with E-state index < -0.39 is 5.82 Å². The van der Waals surface area contributed by atoms with Gasteiger partial charge in [0.2, 0.25) is 0 Å². The molecule has 0 fully saturated rings. The van der Waals surface area contributed by atoms with Crippen molar-refractivity contribution in [1.82, 2.24) is 0 Å². The third-order valence-corrected chi connectivity index (χ3v) is 1.77. The standard InChI is InChI=1S/C10H14FNO2/c1-13-4-5-14-7-8-2-3-10(12)9(11)6-8/h2-3,6H,4-5,7,12H2,1H3. The minimum absolute atomic E-state index is 0.158. The Kier molecular flexibility index (Phi) is 4.35. The zero-order valence-corrected chi connectivity index (χ0v) is 8.13. The molecule has 0 aromatic heterocycles. The number of halogens is 1. The van der Waals surface area contributed by atoms with Crippen LogP contribution in [-0.4, -0.2) is 20.3 Å². The van der Waals surface area contributed by atoms with Crippen LogP contribution in [0.1, 0.15) is 5.56 Å². The molecule has 0 spiro atoms. The molecule has 78 valence electrons. The molecule has 0 aliphatic carbocycles. The molecule has 2 N–H and O–H groups in total. The number of nitrogen functional groups attached to an aromatic ring is 1. The first-order valence-electron chi connectivity index (χ1n) is 4.34. The highest BCUT2D eigenvalue weighted by atomic mass is 19.1. The number of benzene rings is 1. The lowest BCUT2D eigenvalue weighted by molar-refractivity contribution is 0.0616. The van der Waals surface area contributed by atoms with E-state index in [-0.39, 0.29) is 5.69 Å². The predicted molar refractivity (Wildman–Crippen MR) is 52.3 cm³/mol. The van der Waals surface area contributed by atoms with Crippen molar-refractivity contribution < 1.29 is 13.9 Å². The summed E-state index contributed by atoms with van der Waals surface area (Å²) in [4.78, 5) is 0. The molecule has 0 aliphatic heterocycles. The van der Waals surface area contributed by atoms with Crippen molar-refractivity contribution in [1.29, 1.82) is 0 Å². The molecule has 0 atom stereocenters. The van der Waals surface area contributed by atoms with E-state index in [1.165, 1.54) is 12.1 Å². The van der Waals surface area contributed by atoms with Gasteiger partial charge < -0.3 is 15.2 Å². The zero-order valence-electron chi connectivity index (χ0n) is 8.13. The Morgan fingerprint density at radius 2 is 2.14 bits per heavy atom. The molecular formula is C10H14FNO2. The number of nitrogens with two attached hydrogens (primary N) is 1. The van der Waals surface area contributed by atoms with E-state index in [1.807, 2.05) is 0 Å². The van der Waals surface area contributed by atoms with Gasteiger partial charge >= 0.3 is 0 Å². The lowest BCUT2D eigenvalue weighted by atomic mass is 10.2. The predicted octanol–water partition coefficient (Wildman–Crippen LogP) is 1.57. The molecule has 0 unspecified atom stereocenters. The SMILES string of the molecule is COCCOCc1ccc(N)c(F)c1. The van der Waals surface area contributed by atoms with Gasteiger partial charge in [-0.3, -0.25) is 0 Å². The first-order chi connectivity index (χ1) is 6.74. The number of rotatable bonds is 5. The minimum Gasteiger partial charge on any atom is -0.396 e. The van der Waals surface area contributed by atoms with Gasteiger partial charge in [0.1, 0.15) is 5.82 Å². The van der Waals surface area contributed by atoms with E-state index in [4.69, 9.17) is 15.2 Å². The van der Waals surface area contributed by atoms with Crippen molar-refractivity contribution in [2.24, 2.45) is 0 Å². The second-order valence-corrected chi connectivity index (χ2v) is 2.90. The fourth-order valence-corrected chi connectivity index (χ4v) is 0.993. The molecule has 3 nitrogen and oxygen atoms in total. The monoisotopic (exact) mass is 199 g/mol. The quantitative estimate of drug-likeness (QED) is 0.578. The second kappa shape index (κ2) is 5.57. The number of methoxy groups -OCH3 is 1. The summed E-state index contributed by atoms with van der Waals surface area (Å²) in [5, 5.41) is 0. The highest BCUT2D eigenvalue weighted by molar-refractivity contribution is 5.41. The average molecular weight is 199 g/mol. The third kappa shape index (κ3) is 3.32. The Hall–Kier alpha value is -1.13. The van der Waals surface area contributed by atoms with Crippen LogP contribution in [0.25, 0.3) is 0 Å². The van der Waals surface area contributed by atoms with Gasteiger partial charge in [-0.25, -0.2) is 4.39 Å². The summed E-state index contributed by atoms with van der Waals surface area (Å²) in [6, 6.07) is 4.65. The molecule has 0 radical (unpaired) electrons. The Labute approximate surface area is 82.6 Å². The molecule has 1 aromatic carbocycles. The molecule has 0 heterocycles. The number of ether oxygens (including phenoxy) is 2. The fourth-order valence-electron chi connectivity index (χ4n) is 0.993. The molecule has 1 rings (SSSR count). The molecule has 0 saturated heterocycles. The molecule has 14 heavy (non-hydrogen) atoms. The lowest BCUT2D eigenvalue weighted by Crippen LogP contribution is -2.02. The Morgan fingerprint density at radius 1 is 1.36 bits per heavy atom. The molecular weight excluding hydrogens is 185 g/mol. The molecule has 0 aliphatic rings. The summed E-state index contributed by atoms with van der Waals surface area (Å²) in [7, 11) is 1.60. The van der Waals surface area contributed by atoms with Crippen molar-refractivity contribution >= 4 is 5.69 Å². The van der Waals surface area contributed by atoms with Crippen molar-refractivity contribution in [3.05, 3.63) is 29.6 Å². The van der Waals surface area contributed by atoms with Crippen molar-refractivity contribution in [3.8, 4) is 0 Å². The van der Waals surface area contributed by atoms with Crippen LogP contribution in [0.4, 0.5) is 10.1 Å². The highest BCUT2D eigenvalue weighted by Crippen LogP contribution is 2.12. The van der Waals surface area contributed by atoms with E-state index in [1.54, 1.807) is 13.2 Å². The van der Waals surface area contributed by atoms with Crippen molar-refractivity contribution in [3.63, 3.8) is 0 Å². The smallest absolute Gasteiger partial charge is 0.146 e. The normalized spacial score (nSPS) is 10.4. The van der Waals surface area contributed by atoms with Crippen LogP contribution in [0.15, 0.2) is 18.2 Å². The summed E-state index contributed by atoms with van der Waals surface area (Å²) in [5.41, 5.74) is 6.26.